The molecule has 0 bridgehead atoms. The van der Waals surface area contributed by atoms with E-state index in [1.807, 2.05) is 44.2 Å². The lowest BCUT2D eigenvalue weighted by atomic mass is 9.78. The number of rotatable bonds is 2. The highest BCUT2D eigenvalue weighted by molar-refractivity contribution is 6.06. The lowest BCUT2D eigenvalue weighted by Gasteiger charge is -2.42. The minimum atomic E-state index is -0.659. The van der Waals surface area contributed by atoms with Crippen molar-refractivity contribution in [1.82, 2.24) is 9.88 Å². The van der Waals surface area contributed by atoms with Crippen LogP contribution in [0.4, 0.5) is 14.6 Å². The first-order chi connectivity index (χ1) is 18.2. The standard InChI is InChI=1S/C31H27F2N3O2/c1-30(2)10-9-26(21-14-23(32)16-24(33)15-21)36(29(30)38)12-4-5-19-7-8-20-17-31(18-22(20)13-19)25-6-3-11-34-27(25)35-28(31)37/h3,6-8,11,13-16,26H,9-10,12,17-18H2,1-2H3,(H,34,35,37)/t26-,31+/m0/s1. The average molecular weight is 512 g/mol. The largest absolute Gasteiger partial charge is 0.324 e. The number of halogens is 2. The van der Waals surface area contributed by atoms with Gasteiger partial charge in [-0.2, -0.15) is 0 Å². The van der Waals surface area contributed by atoms with E-state index in [4.69, 9.17) is 0 Å². The Labute approximate surface area is 220 Å². The number of pyridine rings is 1. The Balaban J connectivity index is 1.25. The van der Waals surface area contributed by atoms with Crippen molar-refractivity contribution in [3.05, 3.63) is 94.2 Å². The predicted octanol–water partition coefficient (Wildman–Crippen LogP) is 5.09. The molecule has 1 N–H and O–H groups in total. The van der Waals surface area contributed by atoms with Gasteiger partial charge in [0.25, 0.3) is 0 Å². The van der Waals surface area contributed by atoms with Crippen LogP contribution in [0.2, 0.25) is 0 Å². The van der Waals surface area contributed by atoms with Gasteiger partial charge in [-0.05, 0) is 72.7 Å². The first-order valence-electron chi connectivity index (χ1n) is 12.8. The smallest absolute Gasteiger partial charge is 0.237 e. The number of benzene rings is 2. The number of anilines is 1. The summed E-state index contributed by atoms with van der Waals surface area (Å²) >= 11 is 0. The van der Waals surface area contributed by atoms with E-state index in [-0.39, 0.29) is 18.4 Å². The molecular weight excluding hydrogens is 484 g/mol. The molecule has 0 unspecified atom stereocenters. The van der Waals surface area contributed by atoms with Crippen LogP contribution in [-0.4, -0.2) is 28.2 Å². The van der Waals surface area contributed by atoms with Gasteiger partial charge in [0, 0.05) is 28.8 Å². The van der Waals surface area contributed by atoms with Gasteiger partial charge in [0.2, 0.25) is 11.8 Å². The third-order valence-corrected chi connectivity index (χ3v) is 8.19. The summed E-state index contributed by atoms with van der Waals surface area (Å²) < 4.78 is 27.9. The number of nitrogens with zero attached hydrogens (tertiary/aromatic N) is 2. The SMILES string of the molecule is CC1(C)CC[C@@H](c2cc(F)cc(F)c2)N(CC#Cc2ccc3c(c2)C[C@@]2(C3)C(=O)Nc3ncccc32)C1=O. The van der Waals surface area contributed by atoms with Crippen molar-refractivity contribution in [2.24, 2.45) is 5.41 Å². The first-order valence-corrected chi connectivity index (χ1v) is 12.8. The van der Waals surface area contributed by atoms with Crippen LogP contribution in [0.1, 0.15) is 60.5 Å². The number of carbonyl (C=O) groups is 2. The molecule has 5 nitrogen and oxygen atoms in total. The van der Waals surface area contributed by atoms with Crippen LogP contribution in [-0.2, 0) is 27.8 Å². The van der Waals surface area contributed by atoms with Crippen LogP contribution < -0.4 is 5.32 Å². The van der Waals surface area contributed by atoms with Gasteiger partial charge in [-0.25, -0.2) is 13.8 Å². The van der Waals surface area contributed by atoms with Gasteiger partial charge >= 0.3 is 0 Å². The van der Waals surface area contributed by atoms with Crippen molar-refractivity contribution in [3.8, 4) is 11.8 Å². The first kappa shape index (κ1) is 24.3. The molecular formula is C31H27F2N3O2. The number of hydrogen-bond acceptors (Lipinski definition) is 3. The molecule has 2 amide bonds. The van der Waals surface area contributed by atoms with Gasteiger partial charge in [-0.1, -0.05) is 37.8 Å². The van der Waals surface area contributed by atoms with E-state index in [0.29, 0.717) is 37.1 Å². The van der Waals surface area contributed by atoms with E-state index in [1.54, 1.807) is 11.1 Å². The number of hydrogen-bond donors (Lipinski definition) is 1. The molecule has 2 atom stereocenters. The minimum absolute atomic E-state index is 0.0268. The maximum atomic E-state index is 14.0. The fourth-order valence-corrected chi connectivity index (χ4v) is 6.16. The van der Waals surface area contributed by atoms with Crippen molar-refractivity contribution < 1.29 is 18.4 Å². The van der Waals surface area contributed by atoms with Gasteiger partial charge in [-0.15, -0.1) is 0 Å². The molecule has 0 saturated carbocycles. The van der Waals surface area contributed by atoms with Gasteiger partial charge in [-0.3, -0.25) is 9.59 Å². The van der Waals surface area contributed by atoms with E-state index in [9.17, 15) is 18.4 Å². The molecule has 3 aromatic rings. The summed E-state index contributed by atoms with van der Waals surface area (Å²) in [5, 5.41) is 2.92. The lowest BCUT2D eigenvalue weighted by Crippen LogP contribution is -2.47. The Morgan fingerprint density at radius 2 is 1.82 bits per heavy atom. The lowest BCUT2D eigenvalue weighted by molar-refractivity contribution is -0.147. The highest BCUT2D eigenvalue weighted by Gasteiger charge is 2.51. The minimum Gasteiger partial charge on any atom is -0.324 e. The second kappa shape index (κ2) is 8.76. The molecule has 0 radical (unpaired) electrons. The number of fused-ring (bicyclic) bond motifs is 3. The van der Waals surface area contributed by atoms with Gasteiger partial charge in [0.05, 0.1) is 18.0 Å². The number of nitrogens with one attached hydrogen (secondary N) is 1. The Morgan fingerprint density at radius 3 is 2.61 bits per heavy atom. The second-order valence-electron chi connectivity index (χ2n) is 11.1. The van der Waals surface area contributed by atoms with Crippen molar-refractivity contribution in [2.75, 3.05) is 11.9 Å². The van der Waals surface area contributed by atoms with E-state index >= 15 is 0 Å². The number of carbonyl (C=O) groups excluding carboxylic acids is 2. The molecule has 1 saturated heterocycles. The normalized spacial score (nSPS) is 23.1. The summed E-state index contributed by atoms with van der Waals surface area (Å²) in [6, 6.07) is 12.8. The fraction of sp³-hybridized carbons (Fsp3) is 0.323. The quantitative estimate of drug-likeness (QED) is 0.488. The van der Waals surface area contributed by atoms with Crippen LogP contribution in [0.3, 0.4) is 0 Å². The molecule has 1 aliphatic carbocycles. The maximum absolute atomic E-state index is 14.0. The number of likely N-dealkylation sites (tertiary alicyclic amines) is 1. The molecule has 1 spiro atoms. The zero-order chi connectivity index (χ0) is 26.7. The van der Waals surface area contributed by atoms with Gasteiger partial charge in [0.15, 0.2) is 0 Å². The molecule has 7 heteroatoms. The molecule has 3 heterocycles. The Morgan fingerprint density at radius 1 is 1.05 bits per heavy atom. The average Bonchev–Trinajstić information content (AvgIpc) is 3.38. The third-order valence-electron chi connectivity index (χ3n) is 8.19. The zero-order valence-corrected chi connectivity index (χ0v) is 21.3. The van der Waals surface area contributed by atoms with Crippen LogP contribution in [0.25, 0.3) is 0 Å². The predicted molar refractivity (Wildman–Crippen MR) is 139 cm³/mol. The second-order valence-corrected chi connectivity index (χ2v) is 11.1. The molecule has 1 aromatic heterocycles. The molecule has 192 valence electrons. The highest BCUT2D eigenvalue weighted by Crippen LogP contribution is 2.46. The zero-order valence-electron chi connectivity index (χ0n) is 21.3. The van der Waals surface area contributed by atoms with Crippen molar-refractivity contribution in [1.29, 1.82) is 0 Å². The Hall–Kier alpha value is -4.05. The van der Waals surface area contributed by atoms with Crippen molar-refractivity contribution >= 4 is 17.6 Å². The van der Waals surface area contributed by atoms with Gasteiger partial charge < -0.3 is 10.2 Å². The van der Waals surface area contributed by atoms with Crippen molar-refractivity contribution in [2.45, 2.75) is 51.0 Å². The van der Waals surface area contributed by atoms with E-state index < -0.39 is 28.5 Å². The molecule has 38 heavy (non-hydrogen) atoms. The summed E-state index contributed by atoms with van der Waals surface area (Å²) in [6.07, 6.45) is 4.09. The molecule has 1 fully saturated rings. The third kappa shape index (κ3) is 3.96. The molecule has 3 aliphatic rings. The fourth-order valence-electron chi connectivity index (χ4n) is 6.16. The summed E-state index contributed by atoms with van der Waals surface area (Å²) in [7, 11) is 0. The Bertz CT molecular complexity index is 1530. The summed E-state index contributed by atoms with van der Waals surface area (Å²) in [4.78, 5) is 32.2. The van der Waals surface area contributed by atoms with E-state index in [2.05, 4.69) is 22.1 Å². The highest BCUT2D eigenvalue weighted by atomic mass is 19.1. The Kier molecular flexibility index (Phi) is 5.60. The monoisotopic (exact) mass is 511 g/mol. The van der Waals surface area contributed by atoms with Crippen molar-refractivity contribution in [3.63, 3.8) is 0 Å². The van der Waals surface area contributed by atoms with Crippen LogP contribution in [0.5, 0.6) is 0 Å². The van der Waals surface area contributed by atoms with E-state index in [0.717, 1.165) is 28.3 Å². The maximum Gasteiger partial charge on any atom is 0.237 e. The van der Waals surface area contributed by atoms with Gasteiger partial charge in [0.1, 0.15) is 17.5 Å². The summed E-state index contributed by atoms with van der Waals surface area (Å²) in [5.41, 5.74) is 3.15. The summed E-state index contributed by atoms with van der Waals surface area (Å²) in [5.74, 6) is 5.50. The van der Waals surface area contributed by atoms with Crippen LogP contribution in [0.15, 0.2) is 54.7 Å². The summed E-state index contributed by atoms with van der Waals surface area (Å²) in [6.45, 7) is 3.93. The molecule has 6 rings (SSSR count). The topological polar surface area (TPSA) is 62.3 Å². The molecule has 2 aromatic carbocycles. The van der Waals surface area contributed by atoms with Crippen LogP contribution in [0, 0.1) is 28.9 Å². The number of amides is 2. The number of piperidine rings is 1. The van der Waals surface area contributed by atoms with Crippen LogP contribution >= 0.6 is 0 Å². The van der Waals surface area contributed by atoms with E-state index in [1.165, 1.54) is 12.1 Å². The molecule has 2 aliphatic heterocycles. The number of aromatic nitrogens is 1.